The van der Waals surface area contributed by atoms with Gasteiger partial charge in [-0.1, -0.05) is 6.92 Å². The molecule has 0 radical (unpaired) electrons. The number of nitrogens with one attached hydrogen (secondary N) is 2. The molecule has 0 saturated carbocycles. The van der Waals surface area contributed by atoms with E-state index < -0.39 is 0 Å². The second-order valence-electron chi connectivity index (χ2n) is 4.08. The van der Waals surface area contributed by atoms with E-state index >= 15 is 0 Å². The van der Waals surface area contributed by atoms with Crippen LogP contribution in [0.3, 0.4) is 0 Å². The summed E-state index contributed by atoms with van der Waals surface area (Å²) in [5.74, 6) is 0.894. The highest BCUT2D eigenvalue weighted by Gasteiger charge is 2.13. The number of methoxy groups -OCH3 is 1. The zero-order chi connectivity index (χ0) is 14.1. The number of benzene rings is 1. The topological polar surface area (TPSA) is 50.4 Å². The molecule has 1 aromatic carbocycles. The lowest BCUT2D eigenvalue weighted by Crippen LogP contribution is -2.36. The zero-order valence-electron chi connectivity index (χ0n) is 11.7. The maximum Gasteiger partial charge on any atom is 0.233 e. The molecule has 0 bridgehead atoms. The fraction of sp³-hybridized carbons (Fsp3) is 0.500. The third-order valence-corrected chi connectivity index (χ3v) is 3.70. The Bertz CT molecular complexity index is 382. The van der Waals surface area contributed by atoms with E-state index in [1.54, 1.807) is 18.9 Å². The van der Waals surface area contributed by atoms with Gasteiger partial charge in [0.1, 0.15) is 5.75 Å². The van der Waals surface area contributed by atoms with Crippen LogP contribution >= 0.6 is 11.8 Å². The molecule has 0 heterocycles. The Morgan fingerprint density at radius 3 is 2.58 bits per heavy atom. The van der Waals surface area contributed by atoms with E-state index in [0.29, 0.717) is 6.54 Å². The van der Waals surface area contributed by atoms with E-state index in [9.17, 15) is 4.79 Å². The van der Waals surface area contributed by atoms with Crippen LogP contribution in [0.4, 0.5) is 0 Å². The molecule has 5 heteroatoms. The van der Waals surface area contributed by atoms with Gasteiger partial charge in [-0.05, 0) is 37.7 Å². The number of thioether (sulfide) groups is 1. The molecule has 1 unspecified atom stereocenters. The molecule has 2 N–H and O–H groups in total. The van der Waals surface area contributed by atoms with Crippen LogP contribution in [0.2, 0.25) is 0 Å². The van der Waals surface area contributed by atoms with Gasteiger partial charge in [0, 0.05) is 18.0 Å². The highest BCUT2D eigenvalue weighted by molar-refractivity contribution is 8.00. The van der Waals surface area contributed by atoms with Crippen molar-refractivity contribution in [3.63, 3.8) is 0 Å². The summed E-state index contributed by atoms with van der Waals surface area (Å²) in [6.45, 7) is 6.36. The molecule has 0 aromatic heterocycles. The maximum absolute atomic E-state index is 11.8. The molecule has 106 valence electrons. The summed E-state index contributed by atoms with van der Waals surface area (Å²) in [5.41, 5.74) is 0. The van der Waals surface area contributed by atoms with E-state index in [-0.39, 0.29) is 11.2 Å². The minimum Gasteiger partial charge on any atom is -0.497 e. The van der Waals surface area contributed by atoms with Crippen LogP contribution in [-0.4, -0.2) is 37.9 Å². The van der Waals surface area contributed by atoms with Crippen molar-refractivity contribution >= 4 is 17.7 Å². The first-order valence-electron chi connectivity index (χ1n) is 6.46. The second kappa shape index (κ2) is 8.82. The number of amides is 1. The van der Waals surface area contributed by atoms with Crippen molar-refractivity contribution in [1.29, 1.82) is 0 Å². The Morgan fingerprint density at radius 2 is 2.00 bits per heavy atom. The Labute approximate surface area is 119 Å². The first-order chi connectivity index (χ1) is 9.17. The van der Waals surface area contributed by atoms with E-state index in [0.717, 1.165) is 23.7 Å². The van der Waals surface area contributed by atoms with Crippen LogP contribution in [0.15, 0.2) is 29.2 Å². The van der Waals surface area contributed by atoms with Gasteiger partial charge < -0.3 is 15.4 Å². The van der Waals surface area contributed by atoms with E-state index in [1.165, 1.54) is 0 Å². The predicted octanol–water partition coefficient (Wildman–Crippen LogP) is 1.90. The number of likely N-dealkylation sites (N-methyl/N-ethyl adjacent to an activating group) is 1. The van der Waals surface area contributed by atoms with Crippen LogP contribution in [0.5, 0.6) is 5.75 Å². The fourth-order valence-electron chi connectivity index (χ4n) is 1.51. The first-order valence-corrected chi connectivity index (χ1v) is 7.34. The van der Waals surface area contributed by atoms with Gasteiger partial charge in [0.2, 0.25) is 5.91 Å². The van der Waals surface area contributed by atoms with Crippen LogP contribution < -0.4 is 15.4 Å². The van der Waals surface area contributed by atoms with Gasteiger partial charge in [-0.3, -0.25) is 4.79 Å². The van der Waals surface area contributed by atoms with E-state index in [1.807, 2.05) is 38.1 Å². The number of hydrogen-bond donors (Lipinski definition) is 2. The van der Waals surface area contributed by atoms with Gasteiger partial charge in [0.25, 0.3) is 0 Å². The largest absolute Gasteiger partial charge is 0.497 e. The smallest absolute Gasteiger partial charge is 0.233 e. The molecule has 1 atom stereocenters. The molecule has 1 rings (SSSR count). The minimum atomic E-state index is -0.102. The van der Waals surface area contributed by atoms with Crippen molar-refractivity contribution < 1.29 is 9.53 Å². The molecule has 4 nitrogen and oxygen atoms in total. The molecule has 1 aromatic rings. The van der Waals surface area contributed by atoms with Crippen LogP contribution in [-0.2, 0) is 4.79 Å². The van der Waals surface area contributed by atoms with Crippen molar-refractivity contribution in [2.24, 2.45) is 0 Å². The summed E-state index contributed by atoms with van der Waals surface area (Å²) in [6.07, 6.45) is 0. The summed E-state index contributed by atoms with van der Waals surface area (Å²) in [4.78, 5) is 12.9. The summed E-state index contributed by atoms with van der Waals surface area (Å²) >= 11 is 1.55. The monoisotopic (exact) mass is 282 g/mol. The number of carbonyl (C=O) groups is 1. The Morgan fingerprint density at radius 1 is 1.32 bits per heavy atom. The van der Waals surface area contributed by atoms with Gasteiger partial charge in [-0.25, -0.2) is 0 Å². The van der Waals surface area contributed by atoms with Gasteiger partial charge in [-0.2, -0.15) is 0 Å². The lowest BCUT2D eigenvalue weighted by atomic mass is 10.3. The number of ether oxygens (including phenoxy) is 1. The van der Waals surface area contributed by atoms with Crippen molar-refractivity contribution in [3.8, 4) is 5.75 Å². The Balaban J connectivity index is 2.35. The third-order valence-electron chi connectivity index (χ3n) is 2.59. The third kappa shape index (κ3) is 5.98. The molecule has 1 amide bonds. The normalized spacial score (nSPS) is 11.9. The maximum atomic E-state index is 11.8. The summed E-state index contributed by atoms with van der Waals surface area (Å²) in [7, 11) is 1.64. The number of hydrogen-bond acceptors (Lipinski definition) is 4. The second-order valence-corrected chi connectivity index (χ2v) is 5.49. The number of carbonyl (C=O) groups excluding carboxylic acids is 1. The lowest BCUT2D eigenvalue weighted by Gasteiger charge is -2.12. The van der Waals surface area contributed by atoms with Crippen LogP contribution in [0, 0.1) is 0 Å². The van der Waals surface area contributed by atoms with Crippen LogP contribution in [0.1, 0.15) is 13.8 Å². The lowest BCUT2D eigenvalue weighted by molar-refractivity contribution is -0.120. The van der Waals surface area contributed by atoms with Gasteiger partial charge in [0.15, 0.2) is 0 Å². The molecule has 19 heavy (non-hydrogen) atoms. The van der Waals surface area contributed by atoms with Gasteiger partial charge in [-0.15, -0.1) is 11.8 Å². The first kappa shape index (κ1) is 15.9. The SMILES string of the molecule is CCNCCNC(=O)C(C)Sc1ccc(OC)cc1. The van der Waals surface area contributed by atoms with Crippen molar-refractivity contribution in [2.75, 3.05) is 26.7 Å². The summed E-state index contributed by atoms with van der Waals surface area (Å²) < 4.78 is 5.10. The molecule has 0 spiro atoms. The highest BCUT2D eigenvalue weighted by atomic mass is 32.2. The predicted molar refractivity (Wildman–Crippen MR) is 79.9 cm³/mol. The van der Waals surface area contributed by atoms with Crippen LogP contribution in [0.25, 0.3) is 0 Å². The minimum absolute atomic E-state index is 0.0683. The zero-order valence-corrected chi connectivity index (χ0v) is 12.5. The molecule has 0 aliphatic heterocycles. The Kier molecular flexibility index (Phi) is 7.36. The average Bonchev–Trinajstić information content (AvgIpc) is 2.44. The van der Waals surface area contributed by atoms with Crippen molar-refractivity contribution in [3.05, 3.63) is 24.3 Å². The number of rotatable bonds is 8. The van der Waals surface area contributed by atoms with E-state index in [2.05, 4.69) is 10.6 Å². The molecule has 0 fully saturated rings. The van der Waals surface area contributed by atoms with Crippen molar-refractivity contribution in [2.45, 2.75) is 24.0 Å². The van der Waals surface area contributed by atoms with Crippen molar-refractivity contribution in [1.82, 2.24) is 10.6 Å². The van der Waals surface area contributed by atoms with E-state index in [4.69, 9.17) is 4.74 Å². The Hall–Kier alpha value is -1.20. The molecule has 0 saturated heterocycles. The fourth-order valence-corrected chi connectivity index (χ4v) is 2.40. The average molecular weight is 282 g/mol. The summed E-state index contributed by atoms with van der Waals surface area (Å²) in [5, 5.41) is 5.98. The molecule has 0 aliphatic rings. The highest BCUT2D eigenvalue weighted by Crippen LogP contribution is 2.25. The molecule has 0 aliphatic carbocycles. The molecular weight excluding hydrogens is 260 g/mol. The quantitative estimate of drug-likeness (QED) is 0.565. The molecular formula is C14H22N2O2S. The van der Waals surface area contributed by atoms with Gasteiger partial charge in [0.05, 0.1) is 12.4 Å². The summed E-state index contributed by atoms with van der Waals surface area (Å²) in [6, 6.07) is 7.73. The standard InChI is InChI=1S/C14H22N2O2S/c1-4-15-9-10-16-14(17)11(2)19-13-7-5-12(18-3)6-8-13/h5-8,11,15H,4,9-10H2,1-3H3,(H,16,17). The van der Waals surface area contributed by atoms with Gasteiger partial charge >= 0.3 is 0 Å².